The molecule has 27 heavy (non-hydrogen) atoms. The molecule has 0 radical (unpaired) electrons. The molecule has 0 aromatic heterocycles. The maximum atomic E-state index is 12.9. The van der Waals surface area contributed by atoms with Crippen LogP contribution >= 0.6 is 0 Å². The zero-order valence-corrected chi connectivity index (χ0v) is 15.5. The summed E-state index contributed by atoms with van der Waals surface area (Å²) in [5.41, 5.74) is 0.906. The standard InChI is InChI=1S/C19H21NO7/c1-20(12-5-7-13(8-6-12)27-11-18(21)22)19(23)14-9-16(25-3)17(26-4)10-15(14)24-2/h5-10H,11H2,1-4H3,(H,21,22). The quantitative estimate of drug-likeness (QED) is 0.757. The summed E-state index contributed by atoms with van der Waals surface area (Å²) < 4.78 is 20.9. The van der Waals surface area contributed by atoms with E-state index in [4.69, 9.17) is 24.1 Å². The molecule has 0 atom stereocenters. The first-order valence-electron chi connectivity index (χ1n) is 7.94. The predicted molar refractivity (Wildman–Crippen MR) is 98.4 cm³/mol. The molecular weight excluding hydrogens is 354 g/mol. The molecule has 144 valence electrons. The summed E-state index contributed by atoms with van der Waals surface area (Å²) in [5, 5.41) is 8.64. The average molecular weight is 375 g/mol. The van der Waals surface area contributed by atoms with Gasteiger partial charge in [0.1, 0.15) is 11.5 Å². The maximum absolute atomic E-state index is 12.9. The largest absolute Gasteiger partial charge is 0.496 e. The van der Waals surface area contributed by atoms with Gasteiger partial charge in [0, 0.05) is 24.9 Å². The first-order valence-corrected chi connectivity index (χ1v) is 7.94. The Balaban J connectivity index is 2.27. The molecule has 8 heteroatoms. The fraction of sp³-hybridized carbons (Fsp3) is 0.263. The molecule has 0 bridgehead atoms. The number of carboxylic acid groups (broad SMARTS) is 1. The molecular formula is C19H21NO7. The minimum Gasteiger partial charge on any atom is -0.496 e. The number of ether oxygens (including phenoxy) is 4. The highest BCUT2D eigenvalue weighted by Crippen LogP contribution is 2.35. The van der Waals surface area contributed by atoms with E-state index in [0.717, 1.165) is 0 Å². The molecule has 0 aliphatic carbocycles. The number of nitrogens with zero attached hydrogens (tertiary/aromatic N) is 1. The average Bonchev–Trinajstić information content (AvgIpc) is 2.70. The van der Waals surface area contributed by atoms with Crippen molar-refractivity contribution in [3.63, 3.8) is 0 Å². The van der Waals surface area contributed by atoms with Crippen LogP contribution in [0.2, 0.25) is 0 Å². The Morgan fingerprint density at radius 1 is 0.926 bits per heavy atom. The highest BCUT2D eigenvalue weighted by molar-refractivity contribution is 6.08. The van der Waals surface area contributed by atoms with Crippen LogP contribution in [0.25, 0.3) is 0 Å². The van der Waals surface area contributed by atoms with Crippen molar-refractivity contribution in [3.05, 3.63) is 42.0 Å². The minimum absolute atomic E-state index is 0.309. The van der Waals surface area contributed by atoms with Gasteiger partial charge in [-0.05, 0) is 24.3 Å². The Bertz CT molecular complexity index is 818. The maximum Gasteiger partial charge on any atom is 0.341 e. The third kappa shape index (κ3) is 4.60. The number of anilines is 1. The molecule has 0 unspecified atom stereocenters. The molecule has 0 aliphatic heterocycles. The van der Waals surface area contributed by atoms with Gasteiger partial charge in [-0.3, -0.25) is 4.79 Å². The number of carbonyl (C=O) groups is 2. The fourth-order valence-electron chi connectivity index (χ4n) is 2.41. The van der Waals surface area contributed by atoms with Gasteiger partial charge in [0.25, 0.3) is 5.91 Å². The van der Waals surface area contributed by atoms with Gasteiger partial charge in [-0.2, -0.15) is 0 Å². The van der Waals surface area contributed by atoms with Crippen molar-refractivity contribution in [3.8, 4) is 23.0 Å². The zero-order valence-electron chi connectivity index (χ0n) is 15.5. The van der Waals surface area contributed by atoms with Gasteiger partial charge in [-0.15, -0.1) is 0 Å². The molecule has 2 aromatic rings. The van der Waals surface area contributed by atoms with Crippen LogP contribution < -0.4 is 23.8 Å². The molecule has 0 heterocycles. The molecule has 0 saturated heterocycles. The second kappa shape index (κ2) is 8.79. The van der Waals surface area contributed by atoms with Crippen LogP contribution in [0.1, 0.15) is 10.4 Å². The number of hydrogen-bond acceptors (Lipinski definition) is 6. The van der Waals surface area contributed by atoms with Crippen molar-refractivity contribution < 1.29 is 33.6 Å². The highest BCUT2D eigenvalue weighted by Gasteiger charge is 2.21. The molecule has 8 nitrogen and oxygen atoms in total. The van der Waals surface area contributed by atoms with Crippen molar-refractivity contribution in [1.29, 1.82) is 0 Å². The molecule has 0 spiro atoms. The van der Waals surface area contributed by atoms with Gasteiger partial charge in [0.15, 0.2) is 18.1 Å². The van der Waals surface area contributed by atoms with Crippen LogP contribution in [-0.4, -0.2) is 52.0 Å². The SMILES string of the molecule is COc1cc(OC)c(C(=O)N(C)c2ccc(OCC(=O)O)cc2)cc1OC. The van der Waals surface area contributed by atoms with Crippen molar-refractivity contribution in [2.24, 2.45) is 0 Å². The lowest BCUT2D eigenvalue weighted by Gasteiger charge is -2.20. The summed E-state index contributed by atoms with van der Waals surface area (Å²) in [6.45, 7) is -0.434. The lowest BCUT2D eigenvalue weighted by molar-refractivity contribution is -0.139. The summed E-state index contributed by atoms with van der Waals surface area (Å²) in [6, 6.07) is 9.63. The molecule has 1 N–H and O–H groups in total. The lowest BCUT2D eigenvalue weighted by Crippen LogP contribution is -2.26. The highest BCUT2D eigenvalue weighted by atomic mass is 16.5. The summed E-state index contributed by atoms with van der Waals surface area (Å²) in [6.07, 6.45) is 0. The van der Waals surface area contributed by atoms with Gasteiger partial charge in [-0.25, -0.2) is 4.79 Å². The number of rotatable bonds is 8. The van der Waals surface area contributed by atoms with Crippen LogP contribution in [0.4, 0.5) is 5.69 Å². The monoisotopic (exact) mass is 375 g/mol. The number of methoxy groups -OCH3 is 3. The predicted octanol–water partition coefficient (Wildman–Crippen LogP) is 2.45. The van der Waals surface area contributed by atoms with Crippen LogP contribution in [-0.2, 0) is 4.79 Å². The topological polar surface area (TPSA) is 94.5 Å². The Morgan fingerprint density at radius 2 is 1.48 bits per heavy atom. The van der Waals surface area contributed by atoms with Crippen LogP contribution in [0.5, 0.6) is 23.0 Å². The van der Waals surface area contributed by atoms with E-state index in [0.29, 0.717) is 34.2 Å². The van der Waals surface area contributed by atoms with Gasteiger partial charge < -0.3 is 29.0 Å². The first kappa shape index (κ1) is 19.9. The van der Waals surface area contributed by atoms with Crippen molar-refractivity contribution in [1.82, 2.24) is 0 Å². The lowest BCUT2D eigenvalue weighted by atomic mass is 10.1. The Morgan fingerprint density at radius 3 is 2.00 bits per heavy atom. The van der Waals surface area contributed by atoms with E-state index in [2.05, 4.69) is 0 Å². The van der Waals surface area contributed by atoms with E-state index >= 15 is 0 Å². The third-order valence-corrected chi connectivity index (χ3v) is 3.83. The van der Waals surface area contributed by atoms with E-state index in [9.17, 15) is 9.59 Å². The molecule has 2 rings (SSSR count). The molecule has 0 fully saturated rings. The third-order valence-electron chi connectivity index (χ3n) is 3.83. The molecule has 0 aliphatic rings. The fourth-order valence-corrected chi connectivity index (χ4v) is 2.41. The van der Waals surface area contributed by atoms with Gasteiger partial charge in [0.05, 0.1) is 26.9 Å². The van der Waals surface area contributed by atoms with Crippen LogP contribution in [0, 0.1) is 0 Å². The van der Waals surface area contributed by atoms with E-state index in [-0.39, 0.29) is 5.91 Å². The number of carboxylic acids is 1. The van der Waals surface area contributed by atoms with Crippen molar-refractivity contribution in [2.75, 3.05) is 39.9 Å². The van der Waals surface area contributed by atoms with Crippen LogP contribution in [0.3, 0.4) is 0 Å². The van der Waals surface area contributed by atoms with E-state index < -0.39 is 12.6 Å². The number of carbonyl (C=O) groups excluding carboxylic acids is 1. The second-order valence-corrected chi connectivity index (χ2v) is 5.45. The normalized spacial score (nSPS) is 10.1. The van der Waals surface area contributed by atoms with E-state index in [1.165, 1.54) is 26.2 Å². The molecule has 1 amide bonds. The van der Waals surface area contributed by atoms with Crippen LogP contribution in [0.15, 0.2) is 36.4 Å². The summed E-state index contributed by atoms with van der Waals surface area (Å²) in [4.78, 5) is 24.9. The number of aliphatic carboxylic acids is 1. The van der Waals surface area contributed by atoms with Gasteiger partial charge in [0.2, 0.25) is 0 Å². The molecule has 0 saturated carbocycles. The second-order valence-electron chi connectivity index (χ2n) is 5.45. The Hall–Kier alpha value is -3.42. The van der Waals surface area contributed by atoms with Gasteiger partial charge >= 0.3 is 5.97 Å². The Labute approximate surface area is 156 Å². The number of amides is 1. The van der Waals surface area contributed by atoms with E-state index in [1.54, 1.807) is 43.4 Å². The number of hydrogen-bond donors (Lipinski definition) is 1. The smallest absolute Gasteiger partial charge is 0.341 e. The zero-order chi connectivity index (χ0) is 20.0. The van der Waals surface area contributed by atoms with Crippen molar-refractivity contribution >= 4 is 17.6 Å². The first-order chi connectivity index (χ1) is 12.9. The summed E-state index contributed by atoms with van der Waals surface area (Å²) in [5.74, 6) is 0.233. The summed E-state index contributed by atoms with van der Waals surface area (Å²) >= 11 is 0. The van der Waals surface area contributed by atoms with Crippen molar-refractivity contribution in [2.45, 2.75) is 0 Å². The Kier molecular flexibility index (Phi) is 6.48. The molecule has 2 aromatic carbocycles. The number of benzene rings is 2. The van der Waals surface area contributed by atoms with Gasteiger partial charge in [-0.1, -0.05) is 0 Å². The minimum atomic E-state index is -1.06. The van der Waals surface area contributed by atoms with E-state index in [1.807, 2.05) is 0 Å². The summed E-state index contributed by atoms with van der Waals surface area (Å²) in [7, 11) is 6.06.